The van der Waals surface area contributed by atoms with Gasteiger partial charge in [-0.2, -0.15) is 5.10 Å². The van der Waals surface area contributed by atoms with Crippen LogP contribution in [0.5, 0.6) is 0 Å². The highest BCUT2D eigenvalue weighted by atomic mass is 16.2. The number of hydrogen-bond donors (Lipinski definition) is 3. The summed E-state index contributed by atoms with van der Waals surface area (Å²) >= 11 is 0. The van der Waals surface area contributed by atoms with E-state index in [1.165, 1.54) is 0 Å². The Hall–Kier alpha value is -2.15. The van der Waals surface area contributed by atoms with Gasteiger partial charge in [-0.3, -0.25) is 14.8 Å². The summed E-state index contributed by atoms with van der Waals surface area (Å²) in [5, 5.41) is 10.5. The van der Waals surface area contributed by atoms with E-state index in [0.717, 1.165) is 28.5 Å². The SMILES string of the molecule is Cc1nn(C)c(C)c1NC(=O)C1Cc2nc[nH]c2CN1. The van der Waals surface area contributed by atoms with Crippen molar-refractivity contribution in [3.63, 3.8) is 0 Å². The first-order chi connectivity index (χ1) is 9.56. The number of aromatic nitrogens is 4. The minimum Gasteiger partial charge on any atom is -0.347 e. The van der Waals surface area contributed by atoms with Gasteiger partial charge < -0.3 is 10.3 Å². The number of imidazole rings is 1. The molecule has 0 aromatic carbocycles. The molecule has 3 N–H and O–H groups in total. The van der Waals surface area contributed by atoms with Gasteiger partial charge in [-0.05, 0) is 13.8 Å². The lowest BCUT2D eigenvalue weighted by atomic mass is 10.0. The zero-order chi connectivity index (χ0) is 14.3. The average molecular weight is 274 g/mol. The predicted molar refractivity (Wildman–Crippen MR) is 74.2 cm³/mol. The molecule has 0 fully saturated rings. The van der Waals surface area contributed by atoms with E-state index in [4.69, 9.17) is 0 Å². The van der Waals surface area contributed by atoms with Crippen molar-refractivity contribution in [3.05, 3.63) is 29.1 Å². The molecule has 0 radical (unpaired) electrons. The van der Waals surface area contributed by atoms with Gasteiger partial charge in [0.05, 0.1) is 40.8 Å². The van der Waals surface area contributed by atoms with Gasteiger partial charge in [-0.25, -0.2) is 4.98 Å². The van der Waals surface area contributed by atoms with Crippen molar-refractivity contribution in [1.82, 2.24) is 25.1 Å². The van der Waals surface area contributed by atoms with Crippen LogP contribution in [-0.2, 0) is 24.8 Å². The van der Waals surface area contributed by atoms with Gasteiger partial charge >= 0.3 is 0 Å². The lowest BCUT2D eigenvalue weighted by Gasteiger charge is -2.22. The standard InChI is InChI=1S/C13H18N6O/c1-7-12(8(2)19(3)18-7)17-13(20)10-4-9-11(5-14-10)16-6-15-9/h6,10,14H,4-5H2,1-3H3,(H,15,16)(H,17,20). The maximum atomic E-state index is 12.4. The zero-order valence-electron chi connectivity index (χ0n) is 11.8. The smallest absolute Gasteiger partial charge is 0.242 e. The summed E-state index contributed by atoms with van der Waals surface area (Å²) < 4.78 is 1.77. The fourth-order valence-corrected chi connectivity index (χ4v) is 2.52. The fraction of sp³-hybridized carbons (Fsp3) is 0.462. The second-order valence-electron chi connectivity index (χ2n) is 5.12. The molecule has 1 aliphatic rings. The molecule has 1 atom stereocenters. The fourth-order valence-electron chi connectivity index (χ4n) is 2.52. The van der Waals surface area contributed by atoms with Gasteiger partial charge in [0, 0.05) is 20.0 Å². The number of hydrogen-bond acceptors (Lipinski definition) is 4. The normalized spacial score (nSPS) is 17.9. The third kappa shape index (κ3) is 2.09. The summed E-state index contributed by atoms with van der Waals surface area (Å²) in [5.74, 6) is -0.0437. The number of H-pyrrole nitrogens is 1. The van der Waals surface area contributed by atoms with Crippen molar-refractivity contribution >= 4 is 11.6 Å². The van der Waals surface area contributed by atoms with Crippen LogP contribution in [0.25, 0.3) is 0 Å². The van der Waals surface area contributed by atoms with Crippen LogP contribution in [0.3, 0.4) is 0 Å². The topological polar surface area (TPSA) is 87.6 Å². The van der Waals surface area contributed by atoms with E-state index in [-0.39, 0.29) is 11.9 Å². The van der Waals surface area contributed by atoms with Gasteiger partial charge in [-0.15, -0.1) is 0 Å². The van der Waals surface area contributed by atoms with E-state index in [9.17, 15) is 4.79 Å². The summed E-state index contributed by atoms with van der Waals surface area (Å²) in [7, 11) is 1.87. The van der Waals surface area contributed by atoms with Crippen molar-refractivity contribution in [2.24, 2.45) is 7.05 Å². The quantitative estimate of drug-likeness (QED) is 0.740. The number of anilines is 1. The molecule has 2 aromatic heterocycles. The minimum atomic E-state index is -0.259. The first-order valence-corrected chi connectivity index (χ1v) is 6.62. The van der Waals surface area contributed by atoms with Crippen LogP contribution in [0.1, 0.15) is 22.8 Å². The van der Waals surface area contributed by atoms with E-state index in [1.807, 2.05) is 20.9 Å². The van der Waals surface area contributed by atoms with Crippen LogP contribution >= 0.6 is 0 Å². The van der Waals surface area contributed by atoms with Gasteiger partial charge in [-0.1, -0.05) is 0 Å². The third-order valence-electron chi connectivity index (χ3n) is 3.80. The minimum absolute atomic E-state index is 0.0437. The Labute approximate surface area is 116 Å². The molecule has 0 saturated carbocycles. The van der Waals surface area contributed by atoms with Crippen molar-refractivity contribution in [2.45, 2.75) is 32.9 Å². The molecule has 7 nitrogen and oxygen atoms in total. The van der Waals surface area contributed by atoms with Crippen LogP contribution in [0.2, 0.25) is 0 Å². The second kappa shape index (κ2) is 4.75. The average Bonchev–Trinajstić information content (AvgIpc) is 2.98. The van der Waals surface area contributed by atoms with Crippen molar-refractivity contribution in [1.29, 1.82) is 0 Å². The van der Waals surface area contributed by atoms with Gasteiger partial charge in [0.2, 0.25) is 5.91 Å². The highest BCUT2D eigenvalue weighted by molar-refractivity contribution is 5.96. The van der Waals surface area contributed by atoms with Crippen LogP contribution in [0.15, 0.2) is 6.33 Å². The van der Waals surface area contributed by atoms with Gasteiger partial charge in [0.25, 0.3) is 0 Å². The number of amides is 1. The Morgan fingerprint density at radius 1 is 1.50 bits per heavy atom. The number of carbonyl (C=O) groups is 1. The Bertz CT molecular complexity index is 656. The molecule has 1 unspecified atom stereocenters. The number of carbonyl (C=O) groups excluding carboxylic acids is 1. The molecular weight excluding hydrogens is 256 g/mol. The van der Waals surface area contributed by atoms with Crippen LogP contribution in [0, 0.1) is 13.8 Å². The van der Waals surface area contributed by atoms with Crippen molar-refractivity contribution < 1.29 is 4.79 Å². The molecule has 7 heteroatoms. The first-order valence-electron chi connectivity index (χ1n) is 6.62. The number of aromatic amines is 1. The zero-order valence-corrected chi connectivity index (χ0v) is 11.8. The molecule has 3 rings (SSSR count). The molecule has 0 bridgehead atoms. The van der Waals surface area contributed by atoms with E-state index >= 15 is 0 Å². The van der Waals surface area contributed by atoms with E-state index in [1.54, 1.807) is 11.0 Å². The number of fused-ring (bicyclic) bond motifs is 1. The van der Waals surface area contributed by atoms with Gasteiger partial charge in [0.1, 0.15) is 0 Å². The Kier molecular flexibility index (Phi) is 3.06. The van der Waals surface area contributed by atoms with E-state index in [0.29, 0.717) is 13.0 Å². The lowest BCUT2D eigenvalue weighted by Crippen LogP contribution is -2.44. The second-order valence-corrected chi connectivity index (χ2v) is 5.12. The molecular formula is C13H18N6O. The Morgan fingerprint density at radius 2 is 2.30 bits per heavy atom. The molecule has 1 aliphatic heterocycles. The number of aryl methyl sites for hydroxylation is 2. The lowest BCUT2D eigenvalue weighted by molar-refractivity contribution is -0.118. The highest BCUT2D eigenvalue weighted by Gasteiger charge is 2.26. The van der Waals surface area contributed by atoms with E-state index in [2.05, 4.69) is 25.7 Å². The molecule has 1 amide bonds. The monoisotopic (exact) mass is 274 g/mol. The molecule has 0 aliphatic carbocycles. The summed E-state index contributed by atoms with van der Waals surface area (Å²) in [6.45, 7) is 4.47. The maximum absolute atomic E-state index is 12.4. The summed E-state index contributed by atoms with van der Waals surface area (Å²) in [5.41, 5.74) is 4.60. The largest absolute Gasteiger partial charge is 0.347 e. The Morgan fingerprint density at radius 3 is 3.00 bits per heavy atom. The van der Waals surface area contributed by atoms with Crippen LogP contribution in [-0.4, -0.2) is 31.7 Å². The Balaban J connectivity index is 1.74. The summed E-state index contributed by atoms with van der Waals surface area (Å²) in [4.78, 5) is 19.7. The predicted octanol–water partition coefficient (Wildman–Crippen LogP) is 0.413. The van der Waals surface area contributed by atoms with Crippen molar-refractivity contribution in [3.8, 4) is 0 Å². The van der Waals surface area contributed by atoms with Crippen LogP contribution < -0.4 is 10.6 Å². The highest BCUT2D eigenvalue weighted by Crippen LogP contribution is 2.20. The first kappa shape index (κ1) is 12.9. The summed E-state index contributed by atoms with van der Waals surface area (Å²) in [6, 6.07) is -0.259. The number of rotatable bonds is 2. The molecule has 3 heterocycles. The number of nitrogens with one attached hydrogen (secondary N) is 3. The maximum Gasteiger partial charge on any atom is 0.242 e. The molecule has 20 heavy (non-hydrogen) atoms. The van der Waals surface area contributed by atoms with Crippen molar-refractivity contribution in [2.75, 3.05) is 5.32 Å². The molecule has 0 spiro atoms. The van der Waals surface area contributed by atoms with Gasteiger partial charge in [0.15, 0.2) is 0 Å². The summed E-state index contributed by atoms with van der Waals surface area (Å²) in [6.07, 6.45) is 2.27. The molecule has 106 valence electrons. The third-order valence-corrected chi connectivity index (χ3v) is 3.80. The number of nitrogens with zero attached hydrogens (tertiary/aromatic N) is 3. The van der Waals surface area contributed by atoms with E-state index < -0.39 is 0 Å². The van der Waals surface area contributed by atoms with Crippen LogP contribution in [0.4, 0.5) is 5.69 Å². The molecule has 2 aromatic rings. The molecule has 0 saturated heterocycles.